The summed E-state index contributed by atoms with van der Waals surface area (Å²) >= 11 is 0. The van der Waals surface area contributed by atoms with E-state index in [1.54, 1.807) is 0 Å². The SMILES string of the molecule is CC1CO[C@@H](CN(C)C)C(=O)N1. The first-order valence-electron chi connectivity index (χ1n) is 4.16. The molecule has 0 spiro atoms. The van der Waals surface area contributed by atoms with Gasteiger partial charge in [-0.2, -0.15) is 0 Å². The Kier molecular flexibility index (Phi) is 3.05. The lowest BCUT2D eigenvalue weighted by atomic mass is 10.2. The summed E-state index contributed by atoms with van der Waals surface area (Å²) in [5.41, 5.74) is 0. The van der Waals surface area contributed by atoms with E-state index in [2.05, 4.69) is 5.32 Å². The number of hydrogen-bond donors (Lipinski definition) is 1. The first-order valence-corrected chi connectivity index (χ1v) is 4.16. The minimum absolute atomic E-state index is 0.00227. The zero-order valence-corrected chi connectivity index (χ0v) is 7.83. The molecule has 1 amide bonds. The predicted molar refractivity (Wildman–Crippen MR) is 45.9 cm³/mol. The van der Waals surface area contributed by atoms with E-state index >= 15 is 0 Å². The highest BCUT2D eigenvalue weighted by Crippen LogP contribution is 2.02. The highest BCUT2D eigenvalue weighted by atomic mass is 16.5. The van der Waals surface area contributed by atoms with Gasteiger partial charge in [-0.3, -0.25) is 4.79 Å². The van der Waals surface area contributed by atoms with Crippen molar-refractivity contribution in [3.63, 3.8) is 0 Å². The Morgan fingerprint density at radius 1 is 1.67 bits per heavy atom. The second-order valence-corrected chi connectivity index (χ2v) is 3.49. The van der Waals surface area contributed by atoms with Gasteiger partial charge in [0, 0.05) is 12.6 Å². The maximum Gasteiger partial charge on any atom is 0.250 e. The number of ether oxygens (including phenoxy) is 1. The van der Waals surface area contributed by atoms with Crippen LogP contribution >= 0.6 is 0 Å². The highest BCUT2D eigenvalue weighted by molar-refractivity contribution is 5.81. The van der Waals surface area contributed by atoms with Crippen LogP contribution in [0.5, 0.6) is 0 Å². The van der Waals surface area contributed by atoms with Gasteiger partial charge < -0.3 is 15.0 Å². The van der Waals surface area contributed by atoms with Crippen molar-refractivity contribution in [3.8, 4) is 0 Å². The minimum atomic E-state index is -0.295. The van der Waals surface area contributed by atoms with Crippen molar-refractivity contribution >= 4 is 5.91 Å². The summed E-state index contributed by atoms with van der Waals surface area (Å²) in [4.78, 5) is 13.2. The number of nitrogens with one attached hydrogen (secondary N) is 1. The first-order chi connectivity index (χ1) is 5.59. The summed E-state index contributed by atoms with van der Waals surface area (Å²) in [7, 11) is 3.85. The topological polar surface area (TPSA) is 41.6 Å². The van der Waals surface area contributed by atoms with Crippen molar-refractivity contribution in [2.45, 2.75) is 19.1 Å². The molecule has 1 N–H and O–H groups in total. The zero-order valence-electron chi connectivity index (χ0n) is 7.83. The van der Waals surface area contributed by atoms with Crippen molar-refractivity contribution in [2.75, 3.05) is 27.2 Å². The minimum Gasteiger partial charge on any atom is -0.365 e. The molecule has 12 heavy (non-hydrogen) atoms. The Labute approximate surface area is 72.9 Å². The van der Waals surface area contributed by atoms with Crippen LogP contribution in [-0.2, 0) is 9.53 Å². The molecule has 0 saturated carbocycles. The summed E-state index contributed by atoms with van der Waals surface area (Å²) < 4.78 is 5.36. The van der Waals surface area contributed by atoms with E-state index in [1.807, 2.05) is 25.9 Å². The fourth-order valence-corrected chi connectivity index (χ4v) is 1.18. The van der Waals surface area contributed by atoms with Crippen molar-refractivity contribution < 1.29 is 9.53 Å². The van der Waals surface area contributed by atoms with Crippen LogP contribution < -0.4 is 5.32 Å². The number of carbonyl (C=O) groups excluding carboxylic acids is 1. The monoisotopic (exact) mass is 172 g/mol. The fourth-order valence-electron chi connectivity index (χ4n) is 1.18. The van der Waals surface area contributed by atoms with E-state index in [0.29, 0.717) is 13.2 Å². The fraction of sp³-hybridized carbons (Fsp3) is 0.875. The van der Waals surface area contributed by atoms with Crippen LogP contribution in [0.3, 0.4) is 0 Å². The number of morpholine rings is 1. The predicted octanol–water partition coefficient (Wildman–Crippen LogP) is -0.548. The van der Waals surface area contributed by atoms with Gasteiger partial charge in [-0.25, -0.2) is 0 Å². The summed E-state index contributed by atoms with van der Waals surface area (Å²) in [6, 6.07) is 0.149. The number of carbonyl (C=O) groups is 1. The van der Waals surface area contributed by atoms with Crippen LogP contribution in [0, 0.1) is 0 Å². The molecule has 1 rings (SSSR count). The van der Waals surface area contributed by atoms with Gasteiger partial charge in [-0.05, 0) is 21.0 Å². The molecule has 1 aliphatic rings. The number of amides is 1. The maximum atomic E-state index is 11.3. The average Bonchev–Trinajstić information content (AvgIpc) is 1.94. The molecule has 70 valence electrons. The lowest BCUT2D eigenvalue weighted by Gasteiger charge is -2.28. The summed E-state index contributed by atoms with van der Waals surface area (Å²) in [6.07, 6.45) is -0.295. The molecule has 1 fully saturated rings. The van der Waals surface area contributed by atoms with E-state index in [-0.39, 0.29) is 18.1 Å². The normalized spacial score (nSPS) is 30.5. The molecule has 0 aromatic heterocycles. The van der Waals surface area contributed by atoms with Gasteiger partial charge in [0.15, 0.2) is 0 Å². The number of likely N-dealkylation sites (N-methyl/N-ethyl adjacent to an activating group) is 1. The molecule has 1 unspecified atom stereocenters. The van der Waals surface area contributed by atoms with Crippen molar-refractivity contribution in [2.24, 2.45) is 0 Å². The third-order valence-corrected chi connectivity index (χ3v) is 1.76. The number of rotatable bonds is 2. The van der Waals surface area contributed by atoms with E-state index in [4.69, 9.17) is 4.74 Å². The molecular weight excluding hydrogens is 156 g/mol. The van der Waals surface area contributed by atoms with Crippen LogP contribution in [-0.4, -0.2) is 50.2 Å². The van der Waals surface area contributed by atoms with E-state index in [0.717, 1.165) is 0 Å². The zero-order chi connectivity index (χ0) is 9.14. The van der Waals surface area contributed by atoms with Crippen LogP contribution in [0.4, 0.5) is 0 Å². The van der Waals surface area contributed by atoms with Crippen LogP contribution in [0.15, 0.2) is 0 Å². The molecule has 2 atom stereocenters. The molecule has 1 aliphatic heterocycles. The Bertz CT molecular complexity index is 170. The van der Waals surface area contributed by atoms with Crippen LogP contribution in [0.2, 0.25) is 0 Å². The second-order valence-electron chi connectivity index (χ2n) is 3.49. The van der Waals surface area contributed by atoms with Gasteiger partial charge in [-0.15, -0.1) is 0 Å². The summed E-state index contributed by atoms with van der Waals surface area (Å²) in [5.74, 6) is 0.00227. The van der Waals surface area contributed by atoms with E-state index in [1.165, 1.54) is 0 Å². The Balaban J connectivity index is 2.40. The van der Waals surface area contributed by atoms with Gasteiger partial charge in [0.2, 0.25) is 0 Å². The lowest BCUT2D eigenvalue weighted by Crippen LogP contribution is -2.52. The lowest BCUT2D eigenvalue weighted by molar-refractivity contribution is -0.141. The third-order valence-electron chi connectivity index (χ3n) is 1.76. The summed E-state index contributed by atoms with van der Waals surface area (Å²) in [5, 5.41) is 2.84. The van der Waals surface area contributed by atoms with Gasteiger partial charge in [-0.1, -0.05) is 0 Å². The molecule has 1 heterocycles. The van der Waals surface area contributed by atoms with E-state index < -0.39 is 0 Å². The largest absolute Gasteiger partial charge is 0.365 e. The first kappa shape index (κ1) is 9.48. The van der Waals surface area contributed by atoms with Crippen molar-refractivity contribution in [1.29, 1.82) is 0 Å². The van der Waals surface area contributed by atoms with Gasteiger partial charge in [0.1, 0.15) is 6.10 Å². The quantitative estimate of drug-likeness (QED) is 0.607. The third kappa shape index (κ3) is 2.46. The van der Waals surface area contributed by atoms with Crippen LogP contribution in [0.25, 0.3) is 0 Å². The standard InChI is InChI=1S/C8H16N2O2/c1-6-5-12-7(4-10(2)3)8(11)9-6/h6-7H,4-5H2,1-3H3,(H,9,11)/t6?,7-/m0/s1. The molecule has 4 heteroatoms. The molecule has 4 nitrogen and oxygen atoms in total. The smallest absolute Gasteiger partial charge is 0.250 e. The highest BCUT2D eigenvalue weighted by Gasteiger charge is 2.26. The van der Waals surface area contributed by atoms with Gasteiger partial charge in [0.25, 0.3) is 5.91 Å². The Morgan fingerprint density at radius 3 is 2.83 bits per heavy atom. The number of hydrogen-bond acceptors (Lipinski definition) is 3. The average molecular weight is 172 g/mol. The summed E-state index contributed by atoms with van der Waals surface area (Å²) in [6.45, 7) is 3.20. The second kappa shape index (κ2) is 3.87. The molecule has 0 bridgehead atoms. The molecule has 0 aromatic rings. The molecule has 0 aromatic carbocycles. The van der Waals surface area contributed by atoms with Gasteiger partial charge >= 0.3 is 0 Å². The number of nitrogens with zero attached hydrogens (tertiary/aromatic N) is 1. The molecular formula is C8H16N2O2. The van der Waals surface area contributed by atoms with Crippen LogP contribution in [0.1, 0.15) is 6.92 Å². The Hall–Kier alpha value is -0.610. The molecule has 0 radical (unpaired) electrons. The van der Waals surface area contributed by atoms with Crippen molar-refractivity contribution in [1.82, 2.24) is 10.2 Å². The van der Waals surface area contributed by atoms with Gasteiger partial charge in [0.05, 0.1) is 6.61 Å². The van der Waals surface area contributed by atoms with E-state index in [9.17, 15) is 4.79 Å². The molecule has 0 aliphatic carbocycles. The van der Waals surface area contributed by atoms with Crippen molar-refractivity contribution in [3.05, 3.63) is 0 Å². The Morgan fingerprint density at radius 2 is 2.33 bits per heavy atom. The maximum absolute atomic E-state index is 11.3. The molecule has 1 saturated heterocycles.